The average Bonchev–Trinajstić information content (AvgIpc) is 1.53. The predicted molar refractivity (Wildman–Crippen MR) is 510 cm³/mol. The van der Waals surface area contributed by atoms with Gasteiger partial charge in [-0.3, -0.25) is 4.79 Å². The molecule has 0 atom stereocenters. The number of fused-ring (bicyclic) bond motifs is 12. The molecule has 13 aromatic rings. The summed E-state index contributed by atoms with van der Waals surface area (Å²) in [4.78, 5) is 12.2. The maximum Gasteiger partial charge on any atom is 2.00 e. The van der Waals surface area contributed by atoms with Gasteiger partial charge < -0.3 is 41.0 Å². The van der Waals surface area contributed by atoms with E-state index < -0.39 is 11.0 Å². The topological polar surface area (TPSA) is 74.2 Å². The molecule has 0 aromatic heterocycles. The van der Waals surface area contributed by atoms with Crippen LogP contribution >= 0.6 is 127 Å². The maximum absolute atomic E-state index is 12.2. The summed E-state index contributed by atoms with van der Waals surface area (Å²) in [5.74, 6) is 11.4. The molecule has 594 valence electrons. The number of para-hydroxylation sites is 2. The van der Waals surface area contributed by atoms with Crippen molar-refractivity contribution in [3.63, 3.8) is 0 Å². The Morgan fingerprint density at radius 3 is 1.13 bits per heavy atom. The van der Waals surface area contributed by atoms with Crippen molar-refractivity contribution in [3.05, 3.63) is 382 Å². The fourth-order valence-corrected chi connectivity index (χ4v) is 17.9. The zero-order valence-corrected chi connectivity index (χ0v) is 81.5. The van der Waals surface area contributed by atoms with Crippen LogP contribution in [-0.2, 0) is 17.4 Å². The number of aliphatic hydroxyl groups is 1. The molecule has 13 aromatic carbocycles. The molecule has 0 heterocycles. The van der Waals surface area contributed by atoms with Crippen molar-refractivity contribution in [1.82, 2.24) is 0 Å². The van der Waals surface area contributed by atoms with Gasteiger partial charge in [0.05, 0.1) is 25.2 Å². The molecule has 6 nitrogen and oxygen atoms in total. The first-order valence-electron chi connectivity index (χ1n) is 38.9. The summed E-state index contributed by atoms with van der Waals surface area (Å²) in [6.07, 6.45) is 14.1. The molecular formula is C102H85Br9MgO6. The molecule has 0 fully saturated rings. The van der Waals surface area contributed by atoms with Crippen molar-refractivity contribution in [1.29, 1.82) is 0 Å². The number of benzene rings is 13. The molecule has 0 spiro atoms. The van der Waals surface area contributed by atoms with Gasteiger partial charge in [0.25, 0.3) is 0 Å². The minimum atomic E-state index is -1.13. The average molecular weight is 2150 g/mol. The van der Waals surface area contributed by atoms with Crippen LogP contribution in [0.1, 0.15) is 151 Å². The zero-order valence-electron chi connectivity index (χ0n) is 65.8. The SMILES string of the molecule is Brc1ccc2c(c1)Cc1cc(Br)ccc1-2.CC#CC#COc1ccc(C2(c3ccccc3)c3cc(Br)ccc3-c3ccc(Br)cc32)cc1OCCCCC.CCCCCOc1ccccc1OCCCCC.O=C1c2cc(Br)ccc2-c2ccc(Br)cc21.OC1(c2ccccc2)c2cc(Br)ccc2-c2ccc(Br)cc21.[Br-].[Mg+2].[c-]1ccccc1. The first-order valence-corrected chi connectivity index (χ1v) is 45.2. The van der Waals surface area contributed by atoms with E-state index in [1.54, 1.807) is 6.92 Å². The van der Waals surface area contributed by atoms with Crippen LogP contribution in [0, 0.1) is 29.9 Å². The summed E-state index contributed by atoms with van der Waals surface area (Å²) < 4.78 is 31.9. The molecule has 16 heteroatoms. The molecule has 1 N–H and O–H groups in total. The van der Waals surface area contributed by atoms with Crippen LogP contribution in [0.2, 0.25) is 0 Å². The predicted octanol–water partition coefficient (Wildman–Crippen LogP) is 27.1. The van der Waals surface area contributed by atoms with Crippen LogP contribution in [0.5, 0.6) is 23.0 Å². The number of ketones is 1. The Hall–Kier alpha value is -7.10. The molecule has 0 aliphatic heterocycles. The summed E-state index contributed by atoms with van der Waals surface area (Å²) in [6.45, 7) is 10.5. The quantitative estimate of drug-likeness (QED) is 0.0376. The van der Waals surface area contributed by atoms with Gasteiger partial charge in [-0.25, -0.2) is 0 Å². The molecule has 17 rings (SSSR count). The number of ether oxygens (including phenoxy) is 4. The van der Waals surface area contributed by atoms with E-state index in [1.165, 1.54) is 75.8 Å². The van der Waals surface area contributed by atoms with E-state index in [2.05, 4.69) is 306 Å². The Balaban J connectivity index is 0.000000159. The van der Waals surface area contributed by atoms with Crippen molar-refractivity contribution >= 4 is 156 Å². The zero-order chi connectivity index (χ0) is 81.6. The van der Waals surface area contributed by atoms with Gasteiger partial charge in [0.1, 0.15) is 11.7 Å². The molecule has 4 aliphatic carbocycles. The van der Waals surface area contributed by atoms with Crippen LogP contribution in [0.15, 0.2) is 315 Å². The first kappa shape index (κ1) is 93.2. The molecule has 0 unspecified atom stereocenters. The number of carbonyl (C=O) groups is 1. The molecule has 0 bridgehead atoms. The van der Waals surface area contributed by atoms with Gasteiger partial charge in [-0.1, -0.05) is 320 Å². The van der Waals surface area contributed by atoms with Crippen molar-refractivity contribution < 1.29 is 45.8 Å². The van der Waals surface area contributed by atoms with Gasteiger partial charge in [0, 0.05) is 64.0 Å². The second-order valence-electron chi connectivity index (χ2n) is 28.0. The largest absolute Gasteiger partial charge is 2.00 e. The van der Waals surface area contributed by atoms with Crippen molar-refractivity contribution in [2.45, 2.75) is 103 Å². The van der Waals surface area contributed by atoms with Gasteiger partial charge >= 0.3 is 23.1 Å². The summed E-state index contributed by atoms with van der Waals surface area (Å²) in [6, 6.07) is 97.2. The number of unbranched alkanes of at least 4 members (excludes halogenated alkanes) is 6. The van der Waals surface area contributed by atoms with E-state index in [4.69, 9.17) is 18.9 Å². The molecular weight excluding hydrogens is 2060 g/mol. The normalized spacial score (nSPS) is 12.0. The number of rotatable bonds is 19. The molecule has 0 saturated heterocycles. The van der Waals surface area contributed by atoms with Gasteiger partial charge in [-0.15, -0.1) is 0 Å². The summed E-state index contributed by atoms with van der Waals surface area (Å²) in [7, 11) is 0. The minimum absolute atomic E-state index is 0. The third-order valence-electron chi connectivity index (χ3n) is 20.3. The van der Waals surface area contributed by atoms with E-state index >= 15 is 0 Å². The summed E-state index contributed by atoms with van der Waals surface area (Å²) in [5, 5.41) is 11.7. The Bertz CT molecular complexity index is 5460. The fraction of sp³-hybridized carbons (Fsp3) is 0.186. The Morgan fingerprint density at radius 1 is 0.356 bits per heavy atom. The van der Waals surface area contributed by atoms with E-state index in [0.717, 1.165) is 155 Å². The summed E-state index contributed by atoms with van der Waals surface area (Å²) >= 11 is 28.4. The minimum Gasteiger partial charge on any atom is -1.00 e. The van der Waals surface area contributed by atoms with Gasteiger partial charge in [-0.2, -0.15) is 36.4 Å². The van der Waals surface area contributed by atoms with E-state index in [9.17, 15) is 9.90 Å². The van der Waals surface area contributed by atoms with Gasteiger partial charge in [-0.05, 0) is 243 Å². The molecule has 0 radical (unpaired) electrons. The van der Waals surface area contributed by atoms with Crippen molar-refractivity contribution in [2.24, 2.45) is 0 Å². The number of hydrogen-bond acceptors (Lipinski definition) is 6. The van der Waals surface area contributed by atoms with Crippen LogP contribution in [0.25, 0.3) is 44.5 Å². The number of halogens is 9. The Kier molecular flexibility index (Phi) is 36.1. The van der Waals surface area contributed by atoms with Crippen LogP contribution < -0.4 is 35.9 Å². The van der Waals surface area contributed by atoms with Gasteiger partial charge in [0.15, 0.2) is 28.8 Å². The van der Waals surface area contributed by atoms with Gasteiger partial charge in [0.2, 0.25) is 0 Å². The van der Waals surface area contributed by atoms with Crippen LogP contribution in [0.3, 0.4) is 0 Å². The standard InChI is InChI=1S/C35H28Br2O2.C19H12Br2O.C16H26O2.C13H6Br2O.C13H8Br2.C6H5.BrH.Mg/c1-3-5-10-20-38-33-19-14-26(22-34(33)39-21-11-6-4-2)35(25-12-8-7-9-13-25)31-23-27(36)15-17-29(31)30-18-16-28(37)24-32(30)35;20-13-6-8-15-16-9-7-14(21)11-18(16)19(22,17(15)10-13)12-4-2-1-3-5-12;1-3-5-9-13-17-15-11-7-8-12-16(15)18-14-10-6-4-2;14-7-1-3-9-10-4-2-8(15)6-12(10)13(16)11(9)5-7;14-10-1-3-12-8(6-10)5-9-7-11(15)2-4-13(9)12;1-2-4-6-5-3-1;;/h7-9,12-19,22-24H,4,6,11,21H2,1-2H3;1-11,22H;7-8,11-12H,3-6,9-10,13-14H2,1-2H3;1-6H;1-4,6-7H,5H2;1-5H;1H;/q;;;;;-1;;+2/p-1. The Morgan fingerprint density at radius 2 is 0.720 bits per heavy atom. The fourth-order valence-electron chi connectivity index (χ4n) is 14.9. The third-order valence-corrected chi connectivity index (χ3v) is 24.2. The smallest absolute Gasteiger partial charge is 1.00 e. The van der Waals surface area contributed by atoms with Crippen molar-refractivity contribution in [2.75, 3.05) is 19.8 Å². The third kappa shape index (κ3) is 22.6. The number of carbonyl (C=O) groups excluding carboxylic acids is 1. The maximum atomic E-state index is 12.2. The molecule has 0 saturated carbocycles. The van der Waals surface area contributed by atoms with E-state index in [1.807, 2.05) is 152 Å². The van der Waals surface area contributed by atoms with E-state index in [-0.39, 0.29) is 45.8 Å². The second kappa shape index (κ2) is 45.7. The molecule has 0 amide bonds. The second-order valence-corrected chi connectivity index (χ2v) is 35.3. The first-order chi connectivity index (χ1) is 56.5. The summed E-state index contributed by atoms with van der Waals surface area (Å²) in [5.41, 5.74) is 19.6. The van der Waals surface area contributed by atoms with E-state index in [0.29, 0.717) is 18.1 Å². The van der Waals surface area contributed by atoms with Crippen molar-refractivity contribution in [3.8, 4) is 91.4 Å². The molecule has 4 aliphatic rings. The monoisotopic (exact) mass is 2140 g/mol. The molecule has 118 heavy (non-hydrogen) atoms. The van der Waals surface area contributed by atoms with Crippen LogP contribution in [0.4, 0.5) is 0 Å². The number of hydrogen-bond donors (Lipinski definition) is 1. The van der Waals surface area contributed by atoms with Crippen LogP contribution in [-0.4, -0.2) is 53.8 Å². The Labute approximate surface area is 789 Å².